The highest BCUT2D eigenvalue weighted by Crippen LogP contribution is 2.39. The molecule has 1 aliphatic heterocycles. The molecule has 0 bridgehead atoms. The largest absolute Gasteiger partial charge is 0.504 e. The lowest BCUT2D eigenvalue weighted by molar-refractivity contribution is -0.137. The first kappa shape index (κ1) is 36.8. The number of ether oxygens (including phenoxy) is 1. The first-order valence-corrected chi connectivity index (χ1v) is 17.0. The van der Waals surface area contributed by atoms with Gasteiger partial charge in [-0.05, 0) is 44.4 Å². The number of aryl methyl sites for hydroxylation is 1. The number of pyridine rings is 1. The van der Waals surface area contributed by atoms with Gasteiger partial charge in [0, 0.05) is 45.5 Å². The Morgan fingerprint density at radius 2 is 1.90 bits per heavy atom. The standard InChI is InChI=1S/C34H37ClF3N9O5/c1-5-22-29(45-10-11-46(24-9-8-23(24)45)33(51)28-30(49)18(2)40-17-41-28)31(50)27-32(39-15-25(43-27)44(3)12-13-52-4)47(22)16-26(48)42-21-7-6-19(14-20(21)35)34(36,37)38/h6-7,14-15,17,23-24,49H,5,8-13,16H2,1-4H3,(H,42,48)/t23-,24-/m0/s1. The van der Waals surface area contributed by atoms with Crippen molar-refractivity contribution < 1.29 is 32.6 Å². The molecule has 0 radical (unpaired) electrons. The summed E-state index contributed by atoms with van der Waals surface area (Å²) in [6.45, 7) is 4.40. The lowest BCUT2D eigenvalue weighted by atomic mass is 9.81. The van der Waals surface area contributed by atoms with Gasteiger partial charge in [-0.25, -0.2) is 19.9 Å². The maximum atomic E-state index is 14.5. The molecule has 1 saturated carbocycles. The number of fused-ring (bicyclic) bond motifs is 2. The molecule has 6 rings (SSSR count). The van der Waals surface area contributed by atoms with Crippen molar-refractivity contribution >= 4 is 51.8 Å². The Morgan fingerprint density at radius 1 is 1.15 bits per heavy atom. The SMILES string of the molecule is CCc1c(N2CCN(C(=O)c3ncnc(C)c3O)[C@H]3CC[C@@H]32)c(=O)c2nc(N(C)CCOC)cnc2n1CC(=O)Nc1ccc(C(F)(F)F)cc1Cl. The van der Waals surface area contributed by atoms with E-state index in [-0.39, 0.29) is 70.7 Å². The van der Waals surface area contributed by atoms with E-state index < -0.39 is 29.0 Å². The van der Waals surface area contributed by atoms with Gasteiger partial charge in [-0.2, -0.15) is 13.2 Å². The number of carbonyl (C=O) groups is 2. The number of aromatic nitrogens is 5. The summed E-state index contributed by atoms with van der Waals surface area (Å²) in [6.07, 6.45) is -0.262. The number of benzene rings is 1. The molecule has 2 amide bonds. The molecule has 2 atom stereocenters. The predicted octanol–water partition coefficient (Wildman–Crippen LogP) is 4.04. The summed E-state index contributed by atoms with van der Waals surface area (Å²) in [5.74, 6) is -0.928. The number of methoxy groups -OCH3 is 1. The highest BCUT2D eigenvalue weighted by atomic mass is 35.5. The Bertz CT molecular complexity index is 2100. The summed E-state index contributed by atoms with van der Waals surface area (Å²) in [4.78, 5) is 64.4. The van der Waals surface area contributed by atoms with Crippen molar-refractivity contribution in [2.24, 2.45) is 0 Å². The molecule has 0 unspecified atom stereocenters. The van der Waals surface area contributed by atoms with E-state index in [0.717, 1.165) is 18.2 Å². The third kappa shape index (κ3) is 6.81. The number of alkyl halides is 3. The minimum atomic E-state index is -4.61. The summed E-state index contributed by atoms with van der Waals surface area (Å²) in [5, 5.41) is 12.8. The number of hydrogen-bond donors (Lipinski definition) is 2. The quantitative estimate of drug-likeness (QED) is 0.242. The highest BCUT2D eigenvalue weighted by molar-refractivity contribution is 6.33. The summed E-state index contributed by atoms with van der Waals surface area (Å²) in [7, 11) is 3.35. The van der Waals surface area contributed by atoms with Gasteiger partial charge in [0.05, 0.1) is 40.8 Å². The molecule has 4 heterocycles. The van der Waals surface area contributed by atoms with Gasteiger partial charge in [-0.3, -0.25) is 14.4 Å². The fourth-order valence-corrected chi connectivity index (χ4v) is 6.96. The van der Waals surface area contributed by atoms with Crippen LogP contribution in [0.15, 0.2) is 35.5 Å². The van der Waals surface area contributed by atoms with Crippen LogP contribution in [0, 0.1) is 6.92 Å². The van der Waals surface area contributed by atoms with Crippen molar-refractivity contribution in [2.75, 3.05) is 55.5 Å². The zero-order chi connectivity index (χ0) is 37.5. The second-order valence-corrected chi connectivity index (χ2v) is 13.1. The Hall–Kier alpha value is -5.03. The van der Waals surface area contributed by atoms with Crippen molar-refractivity contribution in [3.8, 4) is 5.75 Å². The predicted molar refractivity (Wildman–Crippen MR) is 187 cm³/mol. The van der Waals surface area contributed by atoms with Crippen LogP contribution in [0.3, 0.4) is 0 Å². The number of hydrogen-bond acceptors (Lipinski definition) is 11. The minimum Gasteiger partial charge on any atom is -0.504 e. The monoisotopic (exact) mass is 743 g/mol. The third-order valence-corrected chi connectivity index (χ3v) is 9.91. The number of piperazine rings is 1. The Labute approximate surface area is 301 Å². The zero-order valence-electron chi connectivity index (χ0n) is 28.9. The lowest BCUT2D eigenvalue weighted by Gasteiger charge is -2.54. The van der Waals surface area contributed by atoms with Crippen LogP contribution in [-0.4, -0.2) is 98.8 Å². The first-order valence-electron chi connectivity index (χ1n) is 16.6. The summed E-state index contributed by atoms with van der Waals surface area (Å²) in [6, 6.07) is 2.10. The number of carbonyl (C=O) groups excluding carboxylic acids is 2. The van der Waals surface area contributed by atoms with Crippen LogP contribution in [0.2, 0.25) is 5.02 Å². The second kappa shape index (κ2) is 14.5. The van der Waals surface area contributed by atoms with E-state index in [1.165, 1.54) is 12.5 Å². The van der Waals surface area contributed by atoms with Gasteiger partial charge < -0.3 is 34.4 Å². The molecule has 3 aromatic heterocycles. The van der Waals surface area contributed by atoms with Crippen molar-refractivity contribution in [2.45, 2.75) is 57.9 Å². The van der Waals surface area contributed by atoms with E-state index in [1.807, 2.05) is 11.8 Å². The van der Waals surface area contributed by atoms with Crippen molar-refractivity contribution in [1.29, 1.82) is 0 Å². The van der Waals surface area contributed by atoms with Crippen LogP contribution in [0.1, 0.15) is 47.2 Å². The smallest absolute Gasteiger partial charge is 0.416 e. The fraction of sp³-hybridized carbons (Fsp3) is 0.441. The van der Waals surface area contributed by atoms with Gasteiger partial charge in [-0.15, -0.1) is 0 Å². The van der Waals surface area contributed by atoms with E-state index in [2.05, 4.69) is 20.3 Å². The molecular weight excluding hydrogens is 707 g/mol. The van der Waals surface area contributed by atoms with Gasteiger partial charge in [0.2, 0.25) is 11.3 Å². The van der Waals surface area contributed by atoms with Crippen LogP contribution in [0.4, 0.5) is 30.4 Å². The number of amides is 2. The van der Waals surface area contributed by atoms with Crippen LogP contribution in [0.5, 0.6) is 5.75 Å². The molecule has 18 heteroatoms. The van der Waals surface area contributed by atoms with E-state index in [1.54, 1.807) is 35.4 Å². The van der Waals surface area contributed by atoms with E-state index >= 15 is 0 Å². The van der Waals surface area contributed by atoms with E-state index in [0.29, 0.717) is 49.6 Å². The molecule has 2 fully saturated rings. The van der Waals surface area contributed by atoms with Gasteiger partial charge >= 0.3 is 6.18 Å². The normalized spacial score (nSPS) is 17.2. The molecular formula is C34H37ClF3N9O5. The number of nitrogens with one attached hydrogen (secondary N) is 1. The average Bonchev–Trinajstić information content (AvgIpc) is 3.09. The van der Waals surface area contributed by atoms with Crippen LogP contribution >= 0.6 is 11.6 Å². The van der Waals surface area contributed by atoms with Crippen LogP contribution in [-0.2, 0) is 28.7 Å². The van der Waals surface area contributed by atoms with Gasteiger partial charge in [0.25, 0.3) is 5.91 Å². The summed E-state index contributed by atoms with van der Waals surface area (Å²) >= 11 is 6.14. The Balaban J connectivity index is 1.40. The Kier molecular flexibility index (Phi) is 10.3. The summed E-state index contributed by atoms with van der Waals surface area (Å²) in [5.41, 5.74) is -0.182. The molecule has 2 N–H and O–H groups in total. The highest BCUT2D eigenvalue weighted by Gasteiger charge is 2.47. The second-order valence-electron chi connectivity index (χ2n) is 12.7. The van der Waals surface area contributed by atoms with Crippen molar-refractivity contribution in [3.05, 3.63) is 68.6 Å². The van der Waals surface area contributed by atoms with Crippen molar-refractivity contribution in [3.63, 3.8) is 0 Å². The number of halogens is 4. The Morgan fingerprint density at radius 3 is 2.56 bits per heavy atom. The van der Waals surface area contributed by atoms with E-state index in [9.17, 15) is 32.7 Å². The van der Waals surface area contributed by atoms with Crippen LogP contribution in [0.25, 0.3) is 11.2 Å². The number of aromatic hydroxyl groups is 1. The molecule has 1 aromatic carbocycles. The van der Waals surface area contributed by atoms with Gasteiger partial charge in [0.1, 0.15) is 24.4 Å². The molecule has 276 valence electrons. The maximum absolute atomic E-state index is 14.5. The number of rotatable bonds is 10. The molecule has 2 aliphatic rings. The molecule has 4 aromatic rings. The van der Waals surface area contributed by atoms with Crippen LogP contribution < -0.4 is 20.5 Å². The van der Waals surface area contributed by atoms with Gasteiger partial charge in [-0.1, -0.05) is 18.5 Å². The maximum Gasteiger partial charge on any atom is 0.416 e. The average molecular weight is 744 g/mol. The topological polar surface area (TPSA) is 159 Å². The summed E-state index contributed by atoms with van der Waals surface area (Å²) < 4.78 is 46.5. The number of nitrogens with zero attached hydrogens (tertiary/aromatic N) is 8. The third-order valence-electron chi connectivity index (χ3n) is 9.60. The molecule has 1 aliphatic carbocycles. The minimum absolute atomic E-state index is 0.0144. The zero-order valence-corrected chi connectivity index (χ0v) is 29.6. The number of anilines is 3. The first-order chi connectivity index (χ1) is 24.7. The lowest BCUT2D eigenvalue weighted by Crippen LogP contribution is -2.67. The fourth-order valence-electron chi connectivity index (χ4n) is 6.73. The molecule has 52 heavy (non-hydrogen) atoms. The molecule has 0 spiro atoms. The number of likely N-dealkylation sites (N-methyl/N-ethyl adjacent to an activating group) is 1. The van der Waals surface area contributed by atoms with Crippen molar-refractivity contribution in [1.82, 2.24) is 29.4 Å². The molecule has 14 nitrogen and oxygen atoms in total. The van der Waals surface area contributed by atoms with Gasteiger partial charge in [0.15, 0.2) is 22.6 Å². The van der Waals surface area contributed by atoms with E-state index in [4.69, 9.17) is 21.3 Å². The molecule has 1 saturated heterocycles.